The van der Waals surface area contributed by atoms with E-state index >= 15 is 0 Å². The molecule has 2 aromatic heterocycles. The lowest BCUT2D eigenvalue weighted by Gasteiger charge is -2.57. The molecule has 8 aliphatic carbocycles. The molecule has 8 bridgehead atoms. The van der Waals surface area contributed by atoms with Gasteiger partial charge in [0.2, 0.25) is 0 Å². The van der Waals surface area contributed by atoms with Gasteiger partial charge in [0.05, 0.1) is 0 Å². The highest BCUT2D eigenvalue weighted by molar-refractivity contribution is 6.19. The van der Waals surface area contributed by atoms with Crippen molar-refractivity contribution >= 4 is 43.5 Å². The van der Waals surface area contributed by atoms with Gasteiger partial charge in [-0.3, -0.25) is 0 Å². The van der Waals surface area contributed by atoms with Gasteiger partial charge in [-0.2, -0.15) is 0 Å². The molecule has 69 heavy (non-hydrogen) atoms. The fourth-order valence-corrected chi connectivity index (χ4v) is 16.3. The normalized spacial score (nSPS) is 27.4. The van der Waals surface area contributed by atoms with E-state index in [0.717, 1.165) is 119 Å². The fourth-order valence-electron chi connectivity index (χ4n) is 16.3. The molecule has 0 saturated heterocycles. The van der Waals surface area contributed by atoms with Crippen LogP contribution in [0.1, 0.15) is 88.4 Å². The second-order valence-corrected chi connectivity index (χ2v) is 22.8. The van der Waals surface area contributed by atoms with Crippen LogP contribution in [-0.4, -0.2) is 15.0 Å². The molecule has 7 aromatic carbocycles. The highest BCUT2D eigenvalue weighted by atomic mass is 16.3. The zero-order chi connectivity index (χ0) is 45.3. The first kappa shape index (κ1) is 40.3. The minimum Gasteiger partial charge on any atom is -0.455 e. The first-order chi connectivity index (χ1) is 34.0. The van der Waals surface area contributed by atoms with Crippen LogP contribution in [0.4, 0.5) is 0 Å². The summed E-state index contributed by atoms with van der Waals surface area (Å²) >= 11 is 0. The van der Waals surface area contributed by atoms with Crippen LogP contribution in [0.3, 0.4) is 0 Å². The van der Waals surface area contributed by atoms with Crippen molar-refractivity contribution in [1.29, 1.82) is 0 Å². The van der Waals surface area contributed by atoms with E-state index in [2.05, 4.69) is 164 Å². The summed E-state index contributed by atoms with van der Waals surface area (Å²) in [6.45, 7) is 0. The van der Waals surface area contributed by atoms with E-state index in [1.807, 2.05) is 0 Å². The highest BCUT2D eigenvalue weighted by Crippen LogP contribution is 2.62. The molecule has 4 heteroatoms. The first-order valence-electron chi connectivity index (χ1n) is 26.2. The topological polar surface area (TPSA) is 51.8 Å². The van der Waals surface area contributed by atoms with Crippen molar-refractivity contribution in [1.82, 2.24) is 15.0 Å². The van der Waals surface area contributed by atoms with Crippen LogP contribution in [0, 0.1) is 35.5 Å². The molecule has 8 fully saturated rings. The summed E-state index contributed by atoms with van der Waals surface area (Å²) in [7, 11) is 0. The summed E-state index contributed by atoms with van der Waals surface area (Å²) < 4.78 is 7.17. The maximum atomic E-state index is 7.17. The molecule has 2 heterocycles. The molecule has 17 rings (SSSR count). The lowest BCUT2D eigenvalue weighted by atomic mass is 9.48. The largest absolute Gasteiger partial charge is 0.455 e. The van der Waals surface area contributed by atoms with Gasteiger partial charge in [-0.05, 0) is 180 Å². The zero-order valence-electron chi connectivity index (χ0n) is 39.3. The summed E-state index contributed by atoms with van der Waals surface area (Å²) in [5, 5.41) is 6.87. The van der Waals surface area contributed by atoms with Gasteiger partial charge >= 0.3 is 0 Å². The Hall–Kier alpha value is -6.65. The summed E-state index contributed by atoms with van der Waals surface area (Å²) in [5.41, 5.74) is 10.3. The Balaban J connectivity index is 0.846. The second kappa shape index (κ2) is 15.4. The quantitative estimate of drug-likeness (QED) is 0.167. The molecule has 0 spiro atoms. The number of aromatic nitrogens is 3. The van der Waals surface area contributed by atoms with Crippen molar-refractivity contribution in [2.45, 2.75) is 87.9 Å². The first-order valence-corrected chi connectivity index (χ1v) is 26.2. The summed E-state index contributed by atoms with van der Waals surface area (Å²) in [4.78, 5) is 16.5. The van der Waals surface area contributed by atoms with Gasteiger partial charge in [-0.15, -0.1) is 0 Å². The smallest absolute Gasteiger partial charge is 0.163 e. The SMILES string of the molecule is c1cc(-c2cccc(-c3cccc4c3oc3ccccc3c3ccccc3c3ccccc43)c2)cc(-c2nc(-c3ccc(C45CC6CC(CC(C6)C4)C5)cc3)nc(C34CC5C[C@H](C3)C[C@@H](C5)C4)n2)c1. The van der Waals surface area contributed by atoms with Gasteiger partial charge in [-0.25, -0.2) is 15.0 Å². The average Bonchev–Trinajstić information content (AvgIpc) is 3.43. The second-order valence-electron chi connectivity index (χ2n) is 22.8. The van der Waals surface area contributed by atoms with Crippen LogP contribution >= 0.6 is 0 Å². The number of nitrogens with zero attached hydrogens (tertiary/aromatic N) is 3. The lowest BCUT2D eigenvalue weighted by molar-refractivity contribution is -0.00938. The molecule has 9 aromatic rings. The van der Waals surface area contributed by atoms with Crippen molar-refractivity contribution in [3.63, 3.8) is 0 Å². The standard InChI is InChI=1S/C65H57N3O/c1-3-16-55-53(14-1)54-15-2-4-17-56(54)58-20-9-19-52(60(58)69-59-21-6-5-18-57(55)59)49-12-7-10-47(32-49)48-11-8-13-50(33-48)62-66-61(67-63(68-62)65-37-43-29-44(38-65)31-45(30-43)39-65)46-22-24-51(25-23-46)64-34-40-26-41(35-64)28-42(27-40)36-64/h1-25,32-33,40-45H,26-31,34-39H2/t40?,41?,42?,43-,44+,45?,64?,65?. The number of benzene rings is 7. The molecule has 0 aliphatic heterocycles. The van der Waals surface area contributed by atoms with Gasteiger partial charge in [0.15, 0.2) is 11.6 Å². The highest BCUT2D eigenvalue weighted by Gasteiger charge is 2.54. The van der Waals surface area contributed by atoms with Gasteiger partial charge in [0.25, 0.3) is 0 Å². The Kier molecular flexibility index (Phi) is 9.00. The molecule has 8 saturated carbocycles. The summed E-state index contributed by atoms with van der Waals surface area (Å²) in [5.74, 6) is 7.85. The third kappa shape index (κ3) is 6.64. The van der Waals surface area contributed by atoms with Crippen LogP contribution < -0.4 is 0 Å². The van der Waals surface area contributed by atoms with Gasteiger partial charge in [0, 0.05) is 32.9 Å². The van der Waals surface area contributed by atoms with Crippen molar-refractivity contribution < 1.29 is 4.42 Å². The van der Waals surface area contributed by atoms with Crippen LogP contribution in [0.5, 0.6) is 0 Å². The van der Waals surface area contributed by atoms with E-state index in [4.69, 9.17) is 19.4 Å². The van der Waals surface area contributed by atoms with Gasteiger partial charge in [-0.1, -0.05) is 146 Å². The van der Waals surface area contributed by atoms with Crippen LogP contribution in [-0.2, 0) is 10.8 Å². The minimum absolute atomic E-state index is 0.0455. The van der Waals surface area contributed by atoms with Gasteiger partial charge in [0.1, 0.15) is 17.0 Å². The maximum absolute atomic E-state index is 7.17. The molecule has 0 amide bonds. The van der Waals surface area contributed by atoms with Crippen molar-refractivity contribution in [3.05, 3.63) is 175 Å². The molecular weight excluding hydrogens is 839 g/mol. The molecule has 4 nitrogen and oxygen atoms in total. The third-order valence-electron chi connectivity index (χ3n) is 18.4. The zero-order valence-corrected chi connectivity index (χ0v) is 39.3. The number of fused-ring (bicyclic) bond motifs is 7. The van der Waals surface area contributed by atoms with E-state index in [1.165, 1.54) is 87.8 Å². The molecule has 0 atom stereocenters. The Morgan fingerprint density at radius 2 is 0.783 bits per heavy atom. The van der Waals surface area contributed by atoms with E-state index in [-0.39, 0.29) is 5.41 Å². The monoisotopic (exact) mass is 895 g/mol. The predicted octanol–water partition coefficient (Wildman–Crippen LogP) is 16.8. The Morgan fingerprint density at radius 1 is 0.348 bits per heavy atom. The van der Waals surface area contributed by atoms with Crippen LogP contribution in [0.25, 0.3) is 88.5 Å². The van der Waals surface area contributed by atoms with E-state index in [1.54, 1.807) is 5.56 Å². The fraction of sp³-hybridized carbons (Fsp3) is 0.308. The molecular formula is C65H57N3O. The lowest BCUT2D eigenvalue weighted by Crippen LogP contribution is -2.49. The van der Waals surface area contributed by atoms with E-state index < -0.39 is 0 Å². The summed E-state index contributed by atoms with van der Waals surface area (Å²) in [6, 6.07) is 60.0. The minimum atomic E-state index is 0.0455. The van der Waals surface area contributed by atoms with Crippen molar-refractivity contribution in [2.75, 3.05) is 0 Å². The van der Waals surface area contributed by atoms with E-state index in [9.17, 15) is 0 Å². The maximum Gasteiger partial charge on any atom is 0.163 e. The third-order valence-corrected chi connectivity index (χ3v) is 18.4. The molecule has 0 unspecified atom stereocenters. The van der Waals surface area contributed by atoms with E-state index in [0.29, 0.717) is 5.41 Å². The average molecular weight is 896 g/mol. The Bertz CT molecular complexity index is 3530. The predicted molar refractivity (Wildman–Crippen MR) is 281 cm³/mol. The number of para-hydroxylation sites is 2. The van der Waals surface area contributed by atoms with Crippen molar-refractivity contribution in [2.24, 2.45) is 35.5 Å². The molecule has 338 valence electrons. The van der Waals surface area contributed by atoms with Crippen molar-refractivity contribution in [3.8, 4) is 45.0 Å². The Labute approximate surface area is 404 Å². The number of hydrogen-bond acceptors (Lipinski definition) is 4. The summed E-state index contributed by atoms with van der Waals surface area (Å²) in [6.07, 6.45) is 16.4. The number of rotatable bonds is 6. The van der Waals surface area contributed by atoms with Gasteiger partial charge < -0.3 is 4.42 Å². The molecule has 0 radical (unpaired) electrons. The van der Waals surface area contributed by atoms with Crippen LogP contribution in [0.2, 0.25) is 0 Å². The number of hydrogen-bond donors (Lipinski definition) is 0. The molecule has 0 N–H and O–H groups in total. The molecule has 8 aliphatic rings. The van der Waals surface area contributed by atoms with Crippen LogP contribution in [0.15, 0.2) is 168 Å². The Morgan fingerprint density at radius 3 is 1.38 bits per heavy atom.